The van der Waals surface area contributed by atoms with E-state index >= 15 is 0 Å². The summed E-state index contributed by atoms with van der Waals surface area (Å²) in [5.41, 5.74) is 2.23. The molecule has 2 amide bonds. The summed E-state index contributed by atoms with van der Waals surface area (Å²) >= 11 is 5.94. The zero-order valence-corrected chi connectivity index (χ0v) is 12.8. The van der Waals surface area contributed by atoms with E-state index < -0.39 is 0 Å². The average molecular weight is 303 g/mol. The molecule has 21 heavy (non-hydrogen) atoms. The van der Waals surface area contributed by atoms with Crippen LogP contribution in [-0.4, -0.2) is 24.5 Å². The normalized spacial score (nSPS) is 10.2. The Hall–Kier alpha value is -2.00. The van der Waals surface area contributed by atoms with E-state index in [2.05, 4.69) is 17.4 Å². The van der Waals surface area contributed by atoms with E-state index in [0.717, 1.165) is 12.0 Å². The second kappa shape index (κ2) is 7.70. The predicted octanol–water partition coefficient (Wildman–Crippen LogP) is 3.72. The Morgan fingerprint density at radius 1 is 1.10 bits per heavy atom. The summed E-state index contributed by atoms with van der Waals surface area (Å²) in [4.78, 5) is 13.7. The van der Waals surface area contributed by atoms with Gasteiger partial charge in [-0.15, -0.1) is 0 Å². The van der Waals surface area contributed by atoms with E-state index in [1.807, 2.05) is 42.5 Å². The van der Waals surface area contributed by atoms with Gasteiger partial charge in [0.1, 0.15) is 0 Å². The van der Waals surface area contributed by atoms with Crippen LogP contribution >= 0.6 is 11.6 Å². The molecule has 0 spiro atoms. The Balaban J connectivity index is 1.77. The van der Waals surface area contributed by atoms with Gasteiger partial charge < -0.3 is 10.2 Å². The quantitative estimate of drug-likeness (QED) is 0.897. The van der Waals surface area contributed by atoms with Crippen molar-refractivity contribution in [3.05, 3.63) is 70.7 Å². The van der Waals surface area contributed by atoms with Crippen molar-refractivity contribution >= 4 is 17.6 Å². The highest BCUT2D eigenvalue weighted by atomic mass is 35.5. The highest BCUT2D eigenvalue weighted by Crippen LogP contribution is 2.12. The average Bonchev–Trinajstić information content (AvgIpc) is 2.48. The number of hydrogen-bond donors (Lipinski definition) is 1. The van der Waals surface area contributed by atoms with E-state index in [1.165, 1.54) is 5.56 Å². The lowest BCUT2D eigenvalue weighted by atomic mass is 10.1. The Bertz CT molecular complexity index is 586. The molecule has 0 aromatic heterocycles. The maximum atomic E-state index is 12.0. The van der Waals surface area contributed by atoms with Crippen molar-refractivity contribution in [2.45, 2.75) is 13.0 Å². The molecule has 3 nitrogen and oxygen atoms in total. The van der Waals surface area contributed by atoms with Crippen molar-refractivity contribution in [3.8, 4) is 0 Å². The Kier molecular flexibility index (Phi) is 5.64. The van der Waals surface area contributed by atoms with Crippen LogP contribution in [0.1, 0.15) is 11.1 Å². The fourth-order valence-corrected chi connectivity index (χ4v) is 2.29. The van der Waals surface area contributed by atoms with Crippen molar-refractivity contribution in [2.24, 2.45) is 0 Å². The second-order valence-electron chi connectivity index (χ2n) is 4.95. The number of nitrogens with one attached hydrogen (secondary N) is 1. The van der Waals surface area contributed by atoms with Crippen LogP contribution in [-0.2, 0) is 13.0 Å². The van der Waals surface area contributed by atoms with E-state index in [1.54, 1.807) is 11.9 Å². The van der Waals surface area contributed by atoms with Crippen LogP contribution in [0.5, 0.6) is 0 Å². The molecular formula is C17H19ClN2O. The van der Waals surface area contributed by atoms with Crippen LogP contribution in [0.15, 0.2) is 54.6 Å². The lowest BCUT2D eigenvalue weighted by Crippen LogP contribution is -2.37. The standard InChI is InChI=1S/C17H19ClN2O/c1-20(13-15-8-5-9-16(18)12-15)17(21)19-11-10-14-6-3-2-4-7-14/h2-9,12H,10-11,13H2,1H3,(H,19,21). The fraction of sp³-hybridized carbons (Fsp3) is 0.235. The first kappa shape index (κ1) is 15.4. The highest BCUT2D eigenvalue weighted by Gasteiger charge is 2.08. The van der Waals surface area contributed by atoms with Crippen LogP contribution in [0, 0.1) is 0 Å². The zero-order valence-electron chi connectivity index (χ0n) is 12.1. The smallest absolute Gasteiger partial charge is 0.317 e. The number of nitrogens with zero attached hydrogens (tertiary/aromatic N) is 1. The van der Waals surface area contributed by atoms with E-state index in [9.17, 15) is 4.79 Å². The van der Waals surface area contributed by atoms with Crippen molar-refractivity contribution < 1.29 is 4.79 Å². The summed E-state index contributed by atoms with van der Waals surface area (Å²) in [6.45, 7) is 1.17. The molecule has 0 aliphatic carbocycles. The Morgan fingerprint density at radius 2 is 1.81 bits per heavy atom. The van der Waals surface area contributed by atoms with Crippen molar-refractivity contribution in [1.82, 2.24) is 10.2 Å². The molecule has 1 N–H and O–H groups in total. The Morgan fingerprint density at radius 3 is 2.52 bits per heavy atom. The molecular weight excluding hydrogens is 284 g/mol. The molecule has 2 aromatic rings. The molecule has 110 valence electrons. The maximum absolute atomic E-state index is 12.0. The van der Waals surface area contributed by atoms with Crippen molar-refractivity contribution in [1.29, 1.82) is 0 Å². The number of amides is 2. The largest absolute Gasteiger partial charge is 0.338 e. The highest BCUT2D eigenvalue weighted by molar-refractivity contribution is 6.30. The van der Waals surface area contributed by atoms with Gasteiger partial charge in [0.25, 0.3) is 0 Å². The zero-order chi connectivity index (χ0) is 15.1. The lowest BCUT2D eigenvalue weighted by Gasteiger charge is -2.18. The van der Waals surface area contributed by atoms with E-state index in [-0.39, 0.29) is 6.03 Å². The van der Waals surface area contributed by atoms with Gasteiger partial charge in [0.05, 0.1) is 0 Å². The summed E-state index contributed by atoms with van der Waals surface area (Å²) < 4.78 is 0. The van der Waals surface area contributed by atoms with Gasteiger partial charge >= 0.3 is 6.03 Å². The van der Waals surface area contributed by atoms with Gasteiger partial charge in [-0.25, -0.2) is 4.79 Å². The number of carbonyl (C=O) groups is 1. The molecule has 4 heteroatoms. The van der Waals surface area contributed by atoms with Gasteiger partial charge in [0.15, 0.2) is 0 Å². The molecule has 0 radical (unpaired) electrons. The predicted molar refractivity (Wildman–Crippen MR) is 86.5 cm³/mol. The van der Waals surface area contributed by atoms with Crippen LogP contribution < -0.4 is 5.32 Å². The fourth-order valence-electron chi connectivity index (χ4n) is 2.07. The van der Waals surface area contributed by atoms with Gasteiger partial charge in [-0.05, 0) is 29.7 Å². The molecule has 0 saturated carbocycles. The molecule has 2 rings (SSSR count). The van der Waals surface area contributed by atoms with Gasteiger partial charge in [-0.3, -0.25) is 0 Å². The molecule has 0 saturated heterocycles. The van der Waals surface area contributed by atoms with Crippen LogP contribution in [0.2, 0.25) is 5.02 Å². The topological polar surface area (TPSA) is 32.3 Å². The van der Waals surface area contributed by atoms with Gasteiger partial charge in [-0.2, -0.15) is 0 Å². The summed E-state index contributed by atoms with van der Waals surface area (Å²) in [6, 6.07) is 17.6. The molecule has 0 fully saturated rings. The molecule has 0 aliphatic rings. The van der Waals surface area contributed by atoms with Crippen LogP contribution in [0.4, 0.5) is 4.79 Å². The number of carbonyl (C=O) groups excluding carboxylic acids is 1. The lowest BCUT2D eigenvalue weighted by molar-refractivity contribution is 0.207. The first-order chi connectivity index (χ1) is 10.1. The third-order valence-corrected chi connectivity index (χ3v) is 3.42. The van der Waals surface area contributed by atoms with Gasteiger partial charge in [0.2, 0.25) is 0 Å². The van der Waals surface area contributed by atoms with E-state index in [4.69, 9.17) is 11.6 Å². The number of halogens is 1. The summed E-state index contributed by atoms with van der Waals surface area (Å²) in [6.07, 6.45) is 0.831. The van der Waals surface area contributed by atoms with E-state index in [0.29, 0.717) is 18.1 Å². The number of rotatable bonds is 5. The van der Waals surface area contributed by atoms with Crippen LogP contribution in [0.25, 0.3) is 0 Å². The molecule has 0 atom stereocenters. The van der Waals surface area contributed by atoms with Crippen molar-refractivity contribution in [3.63, 3.8) is 0 Å². The molecule has 0 bridgehead atoms. The molecule has 0 aliphatic heterocycles. The third kappa shape index (κ3) is 5.12. The van der Waals surface area contributed by atoms with Gasteiger partial charge in [0, 0.05) is 25.2 Å². The summed E-state index contributed by atoms with van der Waals surface area (Å²) in [7, 11) is 1.78. The third-order valence-electron chi connectivity index (χ3n) is 3.19. The number of benzene rings is 2. The number of hydrogen-bond acceptors (Lipinski definition) is 1. The van der Waals surface area contributed by atoms with Crippen molar-refractivity contribution in [2.75, 3.05) is 13.6 Å². The Labute approximate surface area is 130 Å². The molecule has 0 unspecified atom stereocenters. The first-order valence-electron chi connectivity index (χ1n) is 6.92. The monoisotopic (exact) mass is 302 g/mol. The summed E-state index contributed by atoms with van der Waals surface area (Å²) in [5.74, 6) is 0. The molecule has 2 aromatic carbocycles. The summed E-state index contributed by atoms with van der Waals surface area (Å²) in [5, 5.41) is 3.61. The minimum absolute atomic E-state index is 0.0779. The maximum Gasteiger partial charge on any atom is 0.317 e. The second-order valence-corrected chi connectivity index (χ2v) is 5.39. The minimum Gasteiger partial charge on any atom is -0.338 e. The van der Waals surface area contributed by atoms with Crippen LogP contribution in [0.3, 0.4) is 0 Å². The first-order valence-corrected chi connectivity index (χ1v) is 7.30. The molecule has 0 heterocycles. The number of urea groups is 1. The SMILES string of the molecule is CN(Cc1cccc(Cl)c1)C(=O)NCCc1ccccc1. The van der Waals surface area contributed by atoms with Gasteiger partial charge in [-0.1, -0.05) is 54.1 Å². The minimum atomic E-state index is -0.0779.